The summed E-state index contributed by atoms with van der Waals surface area (Å²) in [5.41, 5.74) is 12.7. The zero-order chi connectivity index (χ0) is 36.6. The second kappa shape index (κ2) is 11.8. The first-order chi connectivity index (χ1) is 27.2. The molecule has 3 heterocycles. The number of nitrogens with zero attached hydrogens (tertiary/aromatic N) is 5. The Morgan fingerprint density at radius 2 is 0.891 bits per heavy atom. The molecule has 55 heavy (non-hydrogen) atoms. The summed E-state index contributed by atoms with van der Waals surface area (Å²) in [5.74, 6) is 0. The number of para-hydroxylation sites is 4. The molecular weight excluding hydrogens is 671 g/mol. The van der Waals surface area contributed by atoms with Gasteiger partial charge >= 0.3 is 0 Å². The summed E-state index contributed by atoms with van der Waals surface area (Å²) in [5, 5.41) is 27.1. The molecule has 0 aliphatic heterocycles. The summed E-state index contributed by atoms with van der Waals surface area (Å²) < 4.78 is 6.90. The fourth-order valence-corrected chi connectivity index (χ4v) is 8.77. The summed E-state index contributed by atoms with van der Waals surface area (Å²) in [6.45, 7) is 0. The maximum atomic E-state index is 10.6. The van der Waals surface area contributed by atoms with Crippen LogP contribution in [0.1, 0.15) is 11.1 Å². The predicted molar refractivity (Wildman–Crippen MR) is 224 cm³/mol. The van der Waals surface area contributed by atoms with Gasteiger partial charge in [0.05, 0.1) is 61.7 Å². The van der Waals surface area contributed by atoms with Gasteiger partial charge < -0.3 is 13.7 Å². The lowest BCUT2D eigenvalue weighted by Crippen LogP contribution is -1.99. The number of nitriles is 2. The quantitative estimate of drug-likeness (QED) is 0.184. The van der Waals surface area contributed by atoms with Crippen molar-refractivity contribution in [1.29, 1.82) is 10.5 Å². The zero-order valence-electron chi connectivity index (χ0n) is 29.5. The first-order valence-corrected chi connectivity index (χ1v) is 18.3. The number of aromatic nitrogens is 3. The van der Waals surface area contributed by atoms with Gasteiger partial charge in [-0.2, -0.15) is 10.5 Å². The van der Waals surface area contributed by atoms with Crippen molar-refractivity contribution < 1.29 is 0 Å². The summed E-state index contributed by atoms with van der Waals surface area (Å²) in [6, 6.07) is 66.0. The summed E-state index contributed by atoms with van der Waals surface area (Å²) >= 11 is 0. The maximum absolute atomic E-state index is 10.6. The molecule has 0 amide bonds. The Balaban J connectivity index is 1.09. The van der Waals surface area contributed by atoms with Crippen LogP contribution in [0.25, 0.3) is 93.6 Å². The summed E-state index contributed by atoms with van der Waals surface area (Å²) in [7, 11) is 0. The molecule has 0 fully saturated rings. The highest BCUT2D eigenvalue weighted by molar-refractivity contribution is 6.16. The molecule has 0 aliphatic rings. The smallest absolute Gasteiger partial charge is 0.101 e. The number of fused-ring (bicyclic) bond motifs is 9. The van der Waals surface area contributed by atoms with E-state index in [1.54, 1.807) is 0 Å². The van der Waals surface area contributed by atoms with Crippen LogP contribution in [0.15, 0.2) is 176 Å². The van der Waals surface area contributed by atoms with Gasteiger partial charge in [0, 0.05) is 38.0 Å². The van der Waals surface area contributed by atoms with E-state index in [0.29, 0.717) is 11.1 Å². The summed E-state index contributed by atoms with van der Waals surface area (Å²) in [6.07, 6.45) is 0. The Morgan fingerprint density at radius 3 is 1.56 bits per heavy atom. The molecule has 0 aliphatic carbocycles. The standard InChI is InChI=1S/C50H29N5/c51-30-32-23-25-47-41(27-32)39-15-3-7-19-45(39)54(47)42-26-24-34(28-35(42)31-52)33-11-9-12-36(29-33)53-46-20-8-4-16-40(46)50-48(53)21-10-22-49(50)55-43-17-5-1-13-37(43)38-14-2-6-18-44(38)55/h1-29H. The SMILES string of the molecule is N#Cc1ccc2c(c1)c1ccccc1n2-c1ccc(-c2cccc(-n3c4ccccc4c4c(-n5c6ccccc6c6ccccc65)cccc43)c2)cc1C#N. The molecule has 0 bridgehead atoms. The van der Waals surface area contributed by atoms with Gasteiger partial charge in [0.25, 0.3) is 0 Å². The van der Waals surface area contributed by atoms with Gasteiger partial charge in [0.15, 0.2) is 0 Å². The minimum absolute atomic E-state index is 0.572. The molecule has 5 nitrogen and oxygen atoms in total. The van der Waals surface area contributed by atoms with E-state index in [0.717, 1.165) is 61.0 Å². The third-order valence-corrected chi connectivity index (χ3v) is 11.1. The van der Waals surface area contributed by atoms with Crippen LogP contribution in [0.5, 0.6) is 0 Å². The topological polar surface area (TPSA) is 62.4 Å². The minimum Gasteiger partial charge on any atom is -0.309 e. The molecule has 254 valence electrons. The van der Waals surface area contributed by atoms with Crippen LogP contribution in [-0.2, 0) is 0 Å². The fraction of sp³-hybridized carbons (Fsp3) is 0. The lowest BCUT2D eigenvalue weighted by Gasteiger charge is -2.14. The van der Waals surface area contributed by atoms with Gasteiger partial charge in [0.2, 0.25) is 0 Å². The van der Waals surface area contributed by atoms with Crippen LogP contribution in [-0.4, -0.2) is 13.7 Å². The normalized spacial score (nSPS) is 11.6. The molecule has 11 aromatic rings. The molecule has 3 aromatic heterocycles. The minimum atomic E-state index is 0.572. The number of hydrogen-bond acceptors (Lipinski definition) is 2. The molecule has 0 unspecified atom stereocenters. The first-order valence-electron chi connectivity index (χ1n) is 18.3. The highest BCUT2D eigenvalue weighted by atomic mass is 15.0. The van der Waals surface area contributed by atoms with Crippen molar-refractivity contribution in [3.8, 4) is 40.3 Å². The van der Waals surface area contributed by atoms with Gasteiger partial charge in [-0.15, -0.1) is 0 Å². The first kappa shape index (κ1) is 30.7. The molecule has 11 rings (SSSR count). The van der Waals surface area contributed by atoms with Crippen LogP contribution in [0.3, 0.4) is 0 Å². The zero-order valence-corrected chi connectivity index (χ0v) is 29.5. The van der Waals surface area contributed by atoms with Crippen LogP contribution >= 0.6 is 0 Å². The molecule has 8 aromatic carbocycles. The number of rotatable bonds is 4. The van der Waals surface area contributed by atoms with Crippen LogP contribution in [0.4, 0.5) is 0 Å². The van der Waals surface area contributed by atoms with Crippen molar-refractivity contribution in [2.45, 2.75) is 0 Å². The molecule has 0 saturated heterocycles. The second-order valence-corrected chi connectivity index (χ2v) is 14.0. The van der Waals surface area contributed by atoms with E-state index in [9.17, 15) is 10.5 Å². The van der Waals surface area contributed by atoms with Gasteiger partial charge in [-0.05, 0) is 90.0 Å². The Bertz CT molecular complexity index is 3420. The highest BCUT2D eigenvalue weighted by Gasteiger charge is 2.20. The van der Waals surface area contributed by atoms with E-state index in [-0.39, 0.29) is 0 Å². The third kappa shape index (κ3) is 4.45. The molecule has 5 heteroatoms. The average Bonchev–Trinajstić information content (AvgIpc) is 3.89. The fourth-order valence-electron chi connectivity index (χ4n) is 8.77. The van der Waals surface area contributed by atoms with Crippen molar-refractivity contribution in [2.75, 3.05) is 0 Å². The van der Waals surface area contributed by atoms with E-state index in [4.69, 9.17) is 0 Å². The van der Waals surface area contributed by atoms with Gasteiger partial charge in [0.1, 0.15) is 6.07 Å². The Labute approximate surface area is 316 Å². The Kier molecular flexibility index (Phi) is 6.61. The van der Waals surface area contributed by atoms with Crippen LogP contribution < -0.4 is 0 Å². The molecule has 0 saturated carbocycles. The molecule has 0 N–H and O–H groups in total. The highest BCUT2D eigenvalue weighted by Crippen LogP contribution is 2.41. The molecule has 0 atom stereocenters. The van der Waals surface area contributed by atoms with E-state index in [2.05, 4.69) is 159 Å². The van der Waals surface area contributed by atoms with Gasteiger partial charge in [-0.3, -0.25) is 0 Å². The third-order valence-electron chi connectivity index (χ3n) is 11.1. The molecular formula is C50H29N5. The maximum Gasteiger partial charge on any atom is 0.101 e. The number of hydrogen-bond donors (Lipinski definition) is 0. The summed E-state index contributed by atoms with van der Waals surface area (Å²) in [4.78, 5) is 0. The van der Waals surface area contributed by atoms with E-state index in [1.165, 1.54) is 32.6 Å². The van der Waals surface area contributed by atoms with Crippen molar-refractivity contribution in [1.82, 2.24) is 13.7 Å². The van der Waals surface area contributed by atoms with Crippen molar-refractivity contribution >= 4 is 65.4 Å². The van der Waals surface area contributed by atoms with Crippen molar-refractivity contribution in [3.63, 3.8) is 0 Å². The van der Waals surface area contributed by atoms with Crippen LogP contribution in [0, 0.1) is 22.7 Å². The molecule has 0 radical (unpaired) electrons. The van der Waals surface area contributed by atoms with Crippen molar-refractivity contribution in [2.24, 2.45) is 0 Å². The average molecular weight is 700 g/mol. The largest absolute Gasteiger partial charge is 0.309 e. The van der Waals surface area contributed by atoms with E-state index < -0.39 is 0 Å². The van der Waals surface area contributed by atoms with Crippen LogP contribution in [0.2, 0.25) is 0 Å². The second-order valence-electron chi connectivity index (χ2n) is 14.0. The van der Waals surface area contributed by atoms with E-state index >= 15 is 0 Å². The Morgan fingerprint density at radius 1 is 0.345 bits per heavy atom. The predicted octanol–water partition coefficient (Wildman–Crippen LogP) is 12.4. The molecule has 0 spiro atoms. The van der Waals surface area contributed by atoms with E-state index in [1.807, 2.05) is 42.5 Å². The Hall–Kier alpha value is -7.86. The van der Waals surface area contributed by atoms with Gasteiger partial charge in [-0.1, -0.05) is 97.1 Å². The number of benzene rings is 8. The van der Waals surface area contributed by atoms with Crippen molar-refractivity contribution in [3.05, 3.63) is 187 Å². The monoisotopic (exact) mass is 699 g/mol. The lowest BCUT2D eigenvalue weighted by atomic mass is 10.0. The van der Waals surface area contributed by atoms with Gasteiger partial charge in [-0.25, -0.2) is 0 Å². The lowest BCUT2D eigenvalue weighted by molar-refractivity contribution is 1.16.